The molecule has 19 heavy (non-hydrogen) atoms. The molecule has 0 aliphatic rings. The van der Waals surface area contributed by atoms with Crippen LogP contribution in [0.15, 0.2) is 42.6 Å². The molecule has 2 aromatic rings. The van der Waals surface area contributed by atoms with Crippen molar-refractivity contribution in [1.29, 1.82) is 0 Å². The van der Waals surface area contributed by atoms with Gasteiger partial charge < -0.3 is 5.32 Å². The van der Waals surface area contributed by atoms with E-state index in [1.165, 1.54) is 19.2 Å². The Bertz CT molecular complexity index is 624. The molecule has 1 aromatic heterocycles. The van der Waals surface area contributed by atoms with E-state index in [-0.39, 0.29) is 17.4 Å². The van der Waals surface area contributed by atoms with Gasteiger partial charge in [-0.15, -0.1) is 0 Å². The zero-order valence-electron chi connectivity index (χ0n) is 10.2. The number of nitrogens with one attached hydrogen (secondary N) is 1. The second kappa shape index (κ2) is 5.63. The number of aromatic nitrogens is 1. The van der Waals surface area contributed by atoms with Gasteiger partial charge in [-0.3, -0.25) is 9.59 Å². The standard InChI is InChI=1S/C14H11ClN2O2/c1-9(18)11-4-2-3-5-12(11)17-14(19)13-7-6-10(15)8-16-13/h2-8H,1H3,(H,17,19). The van der Waals surface area contributed by atoms with Crippen LogP contribution in [0.3, 0.4) is 0 Å². The van der Waals surface area contributed by atoms with E-state index < -0.39 is 0 Å². The Morgan fingerprint density at radius 1 is 1.16 bits per heavy atom. The van der Waals surface area contributed by atoms with Gasteiger partial charge in [0.05, 0.1) is 10.7 Å². The van der Waals surface area contributed by atoms with E-state index in [9.17, 15) is 9.59 Å². The van der Waals surface area contributed by atoms with Crippen LogP contribution >= 0.6 is 11.6 Å². The fourth-order valence-electron chi connectivity index (χ4n) is 1.60. The molecule has 0 radical (unpaired) electrons. The minimum absolute atomic E-state index is 0.111. The van der Waals surface area contributed by atoms with Gasteiger partial charge in [-0.2, -0.15) is 0 Å². The fraction of sp³-hybridized carbons (Fsp3) is 0.0714. The predicted molar refractivity (Wildman–Crippen MR) is 73.6 cm³/mol. The molecule has 0 unspecified atom stereocenters. The topological polar surface area (TPSA) is 59.1 Å². The summed E-state index contributed by atoms with van der Waals surface area (Å²) in [5.41, 5.74) is 1.17. The summed E-state index contributed by atoms with van der Waals surface area (Å²) in [5, 5.41) is 3.12. The molecule has 0 saturated carbocycles. The molecule has 1 N–H and O–H groups in total. The lowest BCUT2D eigenvalue weighted by Gasteiger charge is -2.08. The minimum atomic E-state index is -0.384. The Labute approximate surface area is 115 Å². The van der Waals surface area contributed by atoms with Crippen LogP contribution < -0.4 is 5.32 Å². The molecule has 1 amide bonds. The lowest BCUT2D eigenvalue weighted by Crippen LogP contribution is -2.15. The average Bonchev–Trinajstić information content (AvgIpc) is 2.39. The molecule has 5 heteroatoms. The summed E-state index contributed by atoms with van der Waals surface area (Å²) < 4.78 is 0. The van der Waals surface area contributed by atoms with Crippen LogP contribution in [0.5, 0.6) is 0 Å². The molecule has 0 bridgehead atoms. The molecule has 0 fully saturated rings. The van der Waals surface area contributed by atoms with Crippen LogP contribution in [0.25, 0.3) is 0 Å². The van der Waals surface area contributed by atoms with Gasteiger partial charge in [0.25, 0.3) is 5.91 Å². The average molecular weight is 275 g/mol. The van der Waals surface area contributed by atoms with Gasteiger partial charge in [-0.1, -0.05) is 23.7 Å². The van der Waals surface area contributed by atoms with Gasteiger partial charge >= 0.3 is 0 Å². The number of carbonyl (C=O) groups excluding carboxylic acids is 2. The lowest BCUT2D eigenvalue weighted by atomic mass is 10.1. The summed E-state index contributed by atoms with van der Waals surface area (Å²) in [6.07, 6.45) is 1.40. The largest absolute Gasteiger partial charge is 0.320 e. The molecule has 96 valence electrons. The number of para-hydroxylation sites is 1. The number of Topliss-reactive ketones (excluding diaryl/α,β-unsaturated/α-hetero) is 1. The number of nitrogens with zero attached hydrogens (tertiary/aromatic N) is 1. The normalized spacial score (nSPS) is 10.0. The van der Waals surface area contributed by atoms with Crippen molar-refractivity contribution in [3.05, 3.63) is 58.9 Å². The molecule has 0 aliphatic heterocycles. The number of ketones is 1. The summed E-state index contributed by atoms with van der Waals surface area (Å²) >= 11 is 5.70. The highest BCUT2D eigenvalue weighted by Crippen LogP contribution is 2.16. The van der Waals surface area contributed by atoms with Crippen LogP contribution in [0.1, 0.15) is 27.8 Å². The van der Waals surface area contributed by atoms with E-state index in [0.717, 1.165) is 0 Å². The third-order valence-electron chi connectivity index (χ3n) is 2.51. The summed E-state index contributed by atoms with van der Waals surface area (Å²) in [7, 11) is 0. The van der Waals surface area contributed by atoms with E-state index in [4.69, 9.17) is 11.6 Å². The molecular weight excluding hydrogens is 264 g/mol. The summed E-state index contributed by atoms with van der Waals surface area (Å²) in [6, 6.07) is 9.93. The minimum Gasteiger partial charge on any atom is -0.320 e. The predicted octanol–water partition coefficient (Wildman–Crippen LogP) is 3.19. The number of pyridine rings is 1. The number of hydrogen-bond donors (Lipinski definition) is 1. The van der Waals surface area contributed by atoms with Crippen molar-refractivity contribution in [2.45, 2.75) is 6.92 Å². The second-order valence-electron chi connectivity index (χ2n) is 3.92. The SMILES string of the molecule is CC(=O)c1ccccc1NC(=O)c1ccc(Cl)cn1. The van der Waals surface area contributed by atoms with Crippen molar-refractivity contribution in [1.82, 2.24) is 4.98 Å². The maximum absolute atomic E-state index is 12.0. The van der Waals surface area contributed by atoms with Crippen LogP contribution in [0.2, 0.25) is 5.02 Å². The monoisotopic (exact) mass is 274 g/mol. The maximum Gasteiger partial charge on any atom is 0.274 e. The smallest absolute Gasteiger partial charge is 0.274 e. The highest BCUT2D eigenvalue weighted by molar-refractivity contribution is 6.30. The molecule has 2 rings (SSSR count). The Kier molecular flexibility index (Phi) is 3.92. The number of amides is 1. The Morgan fingerprint density at radius 2 is 1.89 bits per heavy atom. The van der Waals surface area contributed by atoms with Gasteiger partial charge in [0, 0.05) is 11.8 Å². The van der Waals surface area contributed by atoms with Gasteiger partial charge in [-0.25, -0.2) is 4.98 Å². The Balaban J connectivity index is 2.24. The number of hydrogen-bond acceptors (Lipinski definition) is 3. The van der Waals surface area contributed by atoms with Crippen LogP contribution in [0.4, 0.5) is 5.69 Å². The van der Waals surface area contributed by atoms with E-state index >= 15 is 0 Å². The summed E-state index contributed by atoms with van der Waals surface area (Å²) in [6.45, 7) is 1.45. The number of anilines is 1. The molecule has 4 nitrogen and oxygen atoms in total. The van der Waals surface area contributed by atoms with Crippen LogP contribution in [-0.4, -0.2) is 16.7 Å². The van der Waals surface area contributed by atoms with Crippen LogP contribution in [-0.2, 0) is 0 Å². The fourth-order valence-corrected chi connectivity index (χ4v) is 1.71. The van der Waals surface area contributed by atoms with Crippen molar-refractivity contribution in [3.8, 4) is 0 Å². The Morgan fingerprint density at radius 3 is 2.53 bits per heavy atom. The first kappa shape index (κ1) is 13.2. The third-order valence-corrected chi connectivity index (χ3v) is 2.74. The van der Waals surface area contributed by atoms with Gasteiger partial charge in [-0.05, 0) is 31.2 Å². The lowest BCUT2D eigenvalue weighted by molar-refractivity contribution is 0.101. The third kappa shape index (κ3) is 3.17. The molecule has 0 saturated heterocycles. The van der Waals surface area contributed by atoms with Crippen LogP contribution in [0, 0.1) is 0 Å². The molecule has 1 aromatic carbocycles. The van der Waals surface area contributed by atoms with Crippen molar-refractivity contribution < 1.29 is 9.59 Å². The van der Waals surface area contributed by atoms with Gasteiger partial charge in [0.1, 0.15) is 5.69 Å². The molecule has 0 atom stereocenters. The van der Waals surface area contributed by atoms with E-state index in [2.05, 4.69) is 10.3 Å². The van der Waals surface area contributed by atoms with Gasteiger partial charge in [0.15, 0.2) is 5.78 Å². The summed E-state index contributed by atoms with van der Waals surface area (Å²) in [4.78, 5) is 27.3. The quantitative estimate of drug-likeness (QED) is 0.875. The maximum atomic E-state index is 12.0. The second-order valence-corrected chi connectivity index (χ2v) is 4.35. The molecule has 0 spiro atoms. The number of rotatable bonds is 3. The Hall–Kier alpha value is -2.20. The van der Waals surface area contributed by atoms with Crippen molar-refractivity contribution in [2.75, 3.05) is 5.32 Å². The van der Waals surface area contributed by atoms with Gasteiger partial charge in [0.2, 0.25) is 0 Å². The first-order chi connectivity index (χ1) is 9.08. The number of carbonyl (C=O) groups is 2. The highest BCUT2D eigenvalue weighted by atomic mass is 35.5. The number of halogens is 1. The highest BCUT2D eigenvalue weighted by Gasteiger charge is 2.11. The van der Waals surface area contributed by atoms with Crippen molar-refractivity contribution in [3.63, 3.8) is 0 Å². The number of benzene rings is 1. The molecule has 1 heterocycles. The van der Waals surface area contributed by atoms with E-state index in [1.54, 1.807) is 30.3 Å². The van der Waals surface area contributed by atoms with E-state index in [0.29, 0.717) is 16.3 Å². The van der Waals surface area contributed by atoms with Crippen molar-refractivity contribution >= 4 is 29.0 Å². The summed E-state index contributed by atoms with van der Waals surface area (Å²) in [5.74, 6) is -0.495. The first-order valence-corrected chi connectivity index (χ1v) is 5.98. The zero-order valence-corrected chi connectivity index (χ0v) is 10.9. The molecular formula is C14H11ClN2O2. The van der Waals surface area contributed by atoms with Crippen molar-refractivity contribution in [2.24, 2.45) is 0 Å². The zero-order chi connectivity index (χ0) is 13.8. The van der Waals surface area contributed by atoms with E-state index in [1.807, 2.05) is 0 Å². The molecule has 0 aliphatic carbocycles. The first-order valence-electron chi connectivity index (χ1n) is 5.61.